The fraction of sp³-hybridized carbons (Fsp3) is 0.250. The number of hydrogen-bond acceptors (Lipinski definition) is 3. The fourth-order valence-corrected chi connectivity index (χ4v) is 3.45. The molecule has 1 aromatic heterocycles. The maximum Gasteiger partial charge on any atom is 0.335 e. The number of carbonyl (C=O) groups excluding carboxylic acids is 1. The van der Waals surface area contributed by atoms with Crippen molar-refractivity contribution in [3.8, 4) is 0 Å². The predicted molar refractivity (Wildman–Crippen MR) is 80.7 cm³/mol. The van der Waals surface area contributed by atoms with Crippen LogP contribution in [0.3, 0.4) is 0 Å². The number of benzene rings is 1. The van der Waals surface area contributed by atoms with E-state index in [0.29, 0.717) is 5.56 Å². The first-order valence-electron chi connectivity index (χ1n) is 6.83. The van der Waals surface area contributed by atoms with Gasteiger partial charge in [0.2, 0.25) is 0 Å². The van der Waals surface area contributed by atoms with Crippen LogP contribution in [0.4, 0.5) is 0 Å². The molecular weight excluding hydrogens is 286 g/mol. The average molecular weight is 301 g/mol. The molecule has 2 heterocycles. The number of nitrogens with zero attached hydrogens (tertiary/aromatic N) is 1. The van der Waals surface area contributed by atoms with E-state index in [9.17, 15) is 9.59 Å². The molecular formula is C16H15NO3S. The van der Waals surface area contributed by atoms with E-state index in [-0.39, 0.29) is 17.5 Å². The van der Waals surface area contributed by atoms with Crippen molar-refractivity contribution in [2.75, 3.05) is 6.54 Å². The van der Waals surface area contributed by atoms with Gasteiger partial charge in [0.1, 0.15) is 0 Å². The predicted octanol–water partition coefficient (Wildman–Crippen LogP) is 3.42. The number of aromatic carboxylic acids is 1. The van der Waals surface area contributed by atoms with Crippen LogP contribution in [0.2, 0.25) is 0 Å². The smallest absolute Gasteiger partial charge is 0.335 e. The van der Waals surface area contributed by atoms with Gasteiger partial charge in [-0.25, -0.2) is 4.79 Å². The lowest BCUT2D eigenvalue weighted by Gasteiger charge is -2.24. The Labute approximate surface area is 126 Å². The Bertz CT molecular complexity index is 649. The van der Waals surface area contributed by atoms with E-state index >= 15 is 0 Å². The molecule has 1 N–H and O–H groups in total. The van der Waals surface area contributed by atoms with Crippen LogP contribution in [0.1, 0.15) is 45.2 Å². The van der Waals surface area contributed by atoms with Gasteiger partial charge in [0.05, 0.1) is 11.6 Å². The van der Waals surface area contributed by atoms with Gasteiger partial charge in [-0.3, -0.25) is 4.79 Å². The van der Waals surface area contributed by atoms with Crippen LogP contribution < -0.4 is 0 Å². The quantitative estimate of drug-likeness (QED) is 0.945. The third-order valence-electron chi connectivity index (χ3n) is 3.82. The summed E-state index contributed by atoms with van der Waals surface area (Å²) in [7, 11) is 0. The van der Waals surface area contributed by atoms with Gasteiger partial charge in [-0.05, 0) is 59.5 Å². The topological polar surface area (TPSA) is 57.6 Å². The van der Waals surface area contributed by atoms with E-state index in [1.165, 1.54) is 17.7 Å². The van der Waals surface area contributed by atoms with Crippen molar-refractivity contribution in [1.29, 1.82) is 0 Å². The Morgan fingerprint density at radius 3 is 2.48 bits per heavy atom. The molecule has 1 aliphatic rings. The van der Waals surface area contributed by atoms with Crippen LogP contribution in [0, 0.1) is 0 Å². The summed E-state index contributed by atoms with van der Waals surface area (Å²) in [5.74, 6) is -1.01. The molecule has 108 valence electrons. The van der Waals surface area contributed by atoms with E-state index in [2.05, 4.69) is 11.4 Å². The number of amides is 1. The summed E-state index contributed by atoms with van der Waals surface area (Å²) in [6.45, 7) is 0.750. The second-order valence-electron chi connectivity index (χ2n) is 5.10. The minimum absolute atomic E-state index is 0.0272. The van der Waals surface area contributed by atoms with Gasteiger partial charge in [0.15, 0.2) is 0 Å². The Balaban J connectivity index is 1.82. The van der Waals surface area contributed by atoms with E-state index in [1.54, 1.807) is 23.5 Å². The number of hydrogen-bond donors (Lipinski definition) is 1. The van der Waals surface area contributed by atoms with E-state index in [4.69, 9.17) is 5.11 Å². The molecule has 1 amide bonds. The van der Waals surface area contributed by atoms with Crippen molar-refractivity contribution in [2.24, 2.45) is 0 Å². The Hall–Kier alpha value is -2.14. The van der Waals surface area contributed by atoms with Crippen LogP contribution in [0.25, 0.3) is 0 Å². The molecule has 3 rings (SSSR count). The summed E-state index contributed by atoms with van der Waals surface area (Å²) in [6.07, 6.45) is 1.98. The van der Waals surface area contributed by atoms with Crippen molar-refractivity contribution in [2.45, 2.75) is 18.9 Å². The maximum atomic E-state index is 12.6. The standard InChI is InChI=1S/C16H15NO3S/c18-15(11-3-5-12(6-4-11)16(19)20)17-8-1-2-14(17)13-7-9-21-10-13/h3-7,9-10,14H,1-2,8H2,(H,19,20). The summed E-state index contributed by atoms with van der Waals surface area (Å²) in [5, 5.41) is 13.0. The number of carboxylic acid groups (broad SMARTS) is 1. The number of carboxylic acids is 1. The zero-order valence-corrected chi connectivity index (χ0v) is 12.2. The van der Waals surface area contributed by atoms with Crippen LogP contribution in [0.5, 0.6) is 0 Å². The lowest BCUT2D eigenvalue weighted by Crippen LogP contribution is -2.30. The molecule has 1 aromatic carbocycles. The molecule has 1 unspecified atom stereocenters. The molecule has 1 saturated heterocycles. The van der Waals surface area contributed by atoms with Crippen LogP contribution >= 0.6 is 11.3 Å². The fourth-order valence-electron chi connectivity index (χ4n) is 2.74. The molecule has 0 aliphatic carbocycles. The molecule has 1 atom stereocenters. The van der Waals surface area contributed by atoms with Gasteiger partial charge in [-0.2, -0.15) is 11.3 Å². The highest BCUT2D eigenvalue weighted by molar-refractivity contribution is 7.08. The maximum absolute atomic E-state index is 12.6. The SMILES string of the molecule is O=C(O)c1ccc(C(=O)N2CCCC2c2ccsc2)cc1. The normalized spacial score (nSPS) is 17.9. The van der Waals surface area contributed by atoms with Crippen LogP contribution in [-0.4, -0.2) is 28.4 Å². The summed E-state index contributed by atoms with van der Waals surface area (Å²) in [6, 6.07) is 8.34. The summed E-state index contributed by atoms with van der Waals surface area (Å²) < 4.78 is 0. The zero-order chi connectivity index (χ0) is 14.8. The highest BCUT2D eigenvalue weighted by atomic mass is 32.1. The molecule has 1 fully saturated rings. The summed E-state index contributed by atoms with van der Waals surface area (Å²) in [5.41, 5.74) is 1.93. The van der Waals surface area contributed by atoms with E-state index < -0.39 is 5.97 Å². The van der Waals surface area contributed by atoms with Crippen LogP contribution in [-0.2, 0) is 0 Å². The molecule has 0 spiro atoms. The van der Waals surface area contributed by atoms with Gasteiger partial charge >= 0.3 is 5.97 Å². The van der Waals surface area contributed by atoms with Gasteiger partial charge in [0, 0.05) is 12.1 Å². The van der Waals surface area contributed by atoms with Gasteiger partial charge in [0.25, 0.3) is 5.91 Å². The third-order valence-corrected chi connectivity index (χ3v) is 4.52. The first-order chi connectivity index (χ1) is 10.2. The van der Waals surface area contributed by atoms with Crippen molar-refractivity contribution in [3.63, 3.8) is 0 Å². The lowest BCUT2D eigenvalue weighted by molar-refractivity contribution is 0.0692. The largest absolute Gasteiger partial charge is 0.478 e. The minimum atomic E-state index is -0.980. The molecule has 21 heavy (non-hydrogen) atoms. The lowest BCUT2D eigenvalue weighted by atomic mass is 10.1. The molecule has 0 bridgehead atoms. The Morgan fingerprint density at radius 2 is 1.86 bits per heavy atom. The number of likely N-dealkylation sites (tertiary alicyclic amines) is 1. The minimum Gasteiger partial charge on any atom is -0.478 e. The molecule has 4 nitrogen and oxygen atoms in total. The van der Waals surface area contributed by atoms with Gasteiger partial charge in [-0.1, -0.05) is 0 Å². The van der Waals surface area contributed by atoms with Crippen molar-refractivity contribution in [1.82, 2.24) is 4.90 Å². The van der Waals surface area contributed by atoms with Crippen LogP contribution in [0.15, 0.2) is 41.1 Å². The highest BCUT2D eigenvalue weighted by Crippen LogP contribution is 2.34. The second-order valence-corrected chi connectivity index (χ2v) is 5.88. The molecule has 5 heteroatoms. The first kappa shape index (κ1) is 13.8. The molecule has 2 aromatic rings. The molecule has 0 radical (unpaired) electrons. The molecule has 1 aliphatic heterocycles. The monoisotopic (exact) mass is 301 g/mol. The van der Waals surface area contributed by atoms with E-state index in [0.717, 1.165) is 19.4 Å². The van der Waals surface area contributed by atoms with Gasteiger partial charge in [-0.15, -0.1) is 0 Å². The van der Waals surface area contributed by atoms with Crippen molar-refractivity contribution < 1.29 is 14.7 Å². The highest BCUT2D eigenvalue weighted by Gasteiger charge is 2.30. The average Bonchev–Trinajstić information content (AvgIpc) is 3.17. The molecule has 0 saturated carbocycles. The number of rotatable bonds is 3. The summed E-state index contributed by atoms with van der Waals surface area (Å²) >= 11 is 1.64. The van der Waals surface area contributed by atoms with E-state index in [1.807, 2.05) is 10.3 Å². The van der Waals surface area contributed by atoms with Crippen molar-refractivity contribution in [3.05, 3.63) is 57.8 Å². The van der Waals surface area contributed by atoms with Crippen molar-refractivity contribution >= 4 is 23.2 Å². The summed E-state index contributed by atoms with van der Waals surface area (Å²) in [4.78, 5) is 25.4. The number of thiophene rings is 1. The first-order valence-corrected chi connectivity index (χ1v) is 7.77. The number of carbonyl (C=O) groups is 2. The Kier molecular flexibility index (Phi) is 3.75. The third kappa shape index (κ3) is 2.69. The second kappa shape index (κ2) is 5.69. The van der Waals surface area contributed by atoms with Gasteiger partial charge < -0.3 is 10.0 Å². The Morgan fingerprint density at radius 1 is 1.14 bits per heavy atom. The zero-order valence-electron chi connectivity index (χ0n) is 11.4.